The van der Waals surface area contributed by atoms with E-state index in [1.54, 1.807) is 15.5 Å². The third kappa shape index (κ3) is 4.67. The molecule has 28 heavy (non-hydrogen) atoms. The predicted molar refractivity (Wildman–Crippen MR) is 124 cm³/mol. The zero-order valence-electron chi connectivity index (χ0n) is 16.8. The normalized spacial score (nSPS) is 12.6. The molecule has 150 valence electrons. The first-order valence-electron chi connectivity index (χ1n) is 9.25. The van der Waals surface area contributed by atoms with Crippen molar-refractivity contribution in [3.63, 3.8) is 0 Å². The second kappa shape index (κ2) is 9.07. The summed E-state index contributed by atoms with van der Waals surface area (Å²) in [7, 11) is -1.86. The maximum Gasteiger partial charge on any atom is 0.435 e. The van der Waals surface area contributed by atoms with Crippen LogP contribution >= 0.6 is 35.7 Å². The van der Waals surface area contributed by atoms with Crippen LogP contribution in [-0.4, -0.2) is 29.4 Å². The van der Waals surface area contributed by atoms with Gasteiger partial charge in [-0.25, -0.2) is 4.79 Å². The Balaban J connectivity index is 1.98. The molecule has 1 aliphatic heterocycles. The van der Waals surface area contributed by atoms with Gasteiger partial charge in [-0.1, -0.05) is 57.4 Å². The number of hydrogen-bond donors (Lipinski definition) is 0. The molecule has 2 aromatic carbocycles. The Morgan fingerprint density at radius 2 is 1.75 bits per heavy atom. The van der Waals surface area contributed by atoms with Crippen molar-refractivity contribution in [1.29, 1.82) is 0 Å². The van der Waals surface area contributed by atoms with E-state index >= 15 is 0 Å². The highest BCUT2D eigenvalue weighted by Gasteiger charge is 2.32. The van der Waals surface area contributed by atoms with E-state index in [2.05, 4.69) is 25.7 Å². The highest BCUT2D eigenvalue weighted by atomic mass is 32.2. The molecule has 0 fully saturated rings. The standard InChI is InChI=1S/C20H25NO3S3Si/c1-6-25-21(26-7-2)20(22)24-15-12-13-17-18(19(15)28(3,4)5)23-14-10-8-9-11-16(14)27-17/h8-13H,6-7H2,1-5H3. The van der Waals surface area contributed by atoms with Gasteiger partial charge < -0.3 is 9.47 Å². The van der Waals surface area contributed by atoms with Gasteiger partial charge in [0.25, 0.3) is 0 Å². The van der Waals surface area contributed by atoms with Crippen molar-refractivity contribution >= 4 is 55.0 Å². The first kappa shape index (κ1) is 21.5. The molecule has 0 aromatic heterocycles. The van der Waals surface area contributed by atoms with Gasteiger partial charge in [0.15, 0.2) is 0 Å². The topological polar surface area (TPSA) is 38.8 Å². The number of ether oxygens (including phenoxy) is 2. The number of rotatable bonds is 6. The van der Waals surface area contributed by atoms with Gasteiger partial charge in [-0.3, -0.25) is 0 Å². The van der Waals surface area contributed by atoms with Crippen molar-refractivity contribution in [1.82, 2.24) is 3.71 Å². The summed E-state index contributed by atoms with van der Waals surface area (Å²) >= 11 is 4.62. The number of nitrogens with zero attached hydrogens (tertiary/aromatic N) is 1. The van der Waals surface area contributed by atoms with E-state index in [1.165, 1.54) is 23.9 Å². The van der Waals surface area contributed by atoms with Crippen LogP contribution in [0.4, 0.5) is 4.79 Å². The van der Waals surface area contributed by atoms with Crippen LogP contribution in [0.15, 0.2) is 46.2 Å². The zero-order valence-corrected chi connectivity index (χ0v) is 20.2. The molecule has 0 spiro atoms. The van der Waals surface area contributed by atoms with Crippen LogP contribution in [0.25, 0.3) is 0 Å². The average molecular weight is 452 g/mol. The summed E-state index contributed by atoms with van der Waals surface area (Å²) in [5, 5.41) is 1.04. The molecular formula is C20H25NO3S3Si. The molecule has 0 bridgehead atoms. The highest BCUT2D eigenvalue weighted by molar-refractivity contribution is 8.12. The molecule has 1 aliphatic rings. The van der Waals surface area contributed by atoms with E-state index in [9.17, 15) is 4.79 Å². The summed E-state index contributed by atoms with van der Waals surface area (Å²) in [6.45, 7) is 10.8. The molecule has 0 aliphatic carbocycles. The molecule has 8 heteroatoms. The smallest absolute Gasteiger partial charge is 0.435 e. The number of para-hydroxylation sites is 1. The van der Waals surface area contributed by atoms with Crippen LogP contribution in [0.5, 0.6) is 17.2 Å². The number of benzene rings is 2. The predicted octanol–water partition coefficient (Wildman–Crippen LogP) is 6.63. The van der Waals surface area contributed by atoms with Crippen LogP contribution in [0.1, 0.15) is 13.8 Å². The average Bonchev–Trinajstić information content (AvgIpc) is 2.65. The molecule has 0 unspecified atom stereocenters. The number of carbonyl (C=O) groups excluding carboxylic acids is 1. The van der Waals surface area contributed by atoms with Crippen molar-refractivity contribution < 1.29 is 14.3 Å². The lowest BCUT2D eigenvalue weighted by atomic mass is 10.3. The van der Waals surface area contributed by atoms with Crippen LogP contribution in [0.2, 0.25) is 19.6 Å². The fraction of sp³-hybridized carbons (Fsp3) is 0.350. The van der Waals surface area contributed by atoms with Crippen molar-refractivity contribution in [3.05, 3.63) is 36.4 Å². The fourth-order valence-corrected chi connectivity index (χ4v) is 7.36. The molecule has 1 amide bonds. The number of fused-ring (bicyclic) bond motifs is 2. The second-order valence-corrected chi connectivity index (χ2v) is 15.8. The van der Waals surface area contributed by atoms with Crippen molar-refractivity contribution in [2.75, 3.05) is 11.5 Å². The summed E-state index contributed by atoms with van der Waals surface area (Å²) in [6, 6.07) is 11.9. The summed E-state index contributed by atoms with van der Waals surface area (Å²) in [6.07, 6.45) is -0.345. The van der Waals surface area contributed by atoms with E-state index in [4.69, 9.17) is 9.47 Å². The third-order valence-electron chi connectivity index (χ3n) is 3.95. The number of carbonyl (C=O) groups is 1. The largest absolute Gasteiger partial charge is 0.455 e. The highest BCUT2D eigenvalue weighted by Crippen LogP contribution is 2.47. The molecule has 0 N–H and O–H groups in total. The molecular weight excluding hydrogens is 427 g/mol. The summed E-state index contributed by atoms with van der Waals surface area (Å²) in [4.78, 5) is 14.9. The van der Waals surface area contributed by atoms with Crippen molar-refractivity contribution in [2.45, 2.75) is 43.3 Å². The SMILES string of the molecule is CCSN(SCC)C(=O)Oc1ccc2c(c1[Si](C)(C)C)Oc1ccccc1S2. The van der Waals surface area contributed by atoms with Crippen molar-refractivity contribution in [2.24, 2.45) is 0 Å². The monoisotopic (exact) mass is 451 g/mol. The van der Waals surface area contributed by atoms with E-state index in [0.29, 0.717) is 5.75 Å². The van der Waals surface area contributed by atoms with Gasteiger partial charge in [0.05, 0.1) is 17.9 Å². The Bertz CT molecular complexity index is 864. The van der Waals surface area contributed by atoms with Crippen LogP contribution in [0, 0.1) is 0 Å². The molecule has 0 radical (unpaired) electrons. The zero-order chi connectivity index (χ0) is 20.3. The fourth-order valence-electron chi connectivity index (χ4n) is 2.88. The van der Waals surface area contributed by atoms with Gasteiger partial charge in [0.2, 0.25) is 0 Å². The van der Waals surface area contributed by atoms with Crippen LogP contribution < -0.4 is 14.7 Å². The summed E-state index contributed by atoms with van der Waals surface area (Å²) in [5.41, 5.74) is 0. The Morgan fingerprint density at radius 3 is 2.39 bits per heavy atom. The minimum absolute atomic E-state index is 0.345. The Kier molecular flexibility index (Phi) is 6.96. The number of hydrogen-bond acceptors (Lipinski definition) is 6. The lowest BCUT2D eigenvalue weighted by Crippen LogP contribution is -2.41. The molecule has 2 aromatic rings. The van der Waals surface area contributed by atoms with Gasteiger partial charge in [0, 0.05) is 16.7 Å². The quantitative estimate of drug-likeness (QED) is 0.309. The lowest BCUT2D eigenvalue weighted by Gasteiger charge is -2.29. The van der Waals surface area contributed by atoms with Crippen LogP contribution in [0.3, 0.4) is 0 Å². The van der Waals surface area contributed by atoms with E-state index < -0.39 is 8.07 Å². The Hall–Kier alpha value is -1.22. The summed E-state index contributed by atoms with van der Waals surface area (Å²) in [5.74, 6) is 3.92. The van der Waals surface area contributed by atoms with Gasteiger partial charge in [-0.2, -0.15) is 3.71 Å². The molecule has 0 saturated heterocycles. The van der Waals surface area contributed by atoms with Crippen LogP contribution in [-0.2, 0) is 0 Å². The van der Waals surface area contributed by atoms with Gasteiger partial charge in [-0.05, 0) is 48.2 Å². The first-order chi connectivity index (χ1) is 13.3. The molecule has 3 rings (SSSR count). The van der Waals surface area contributed by atoms with Crippen molar-refractivity contribution in [3.8, 4) is 17.2 Å². The van der Waals surface area contributed by atoms with Gasteiger partial charge >= 0.3 is 6.09 Å². The molecule has 0 saturated carbocycles. The minimum Gasteiger partial charge on any atom is -0.455 e. The maximum absolute atomic E-state index is 12.8. The Morgan fingerprint density at radius 1 is 1.07 bits per heavy atom. The lowest BCUT2D eigenvalue weighted by molar-refractivity contribution is 0.197. The van der Waals surface area contributed by atoms with Gasteiger partial charge in [-0.15, -0.1) is 0 Å². The summed E-state index contributed by atoms with van der Waals surface area (Å²) < 4.78 is 13.8. The van der Waals surface area contributed by atoms with E-state index in [0.717, 1.165) is 38.0 Å². The minimum atomic E-state index is -1.86. The second-order valence-electron chi connectivity index (χ2n) is 7.13. The van der Waals surface area contributed by atoms with E-state index in [-0.39, 0.29) is 6.09 Å². The first-order valence-corrected chi connectivity index (χ1v) is 15.4. The Labute approximate surface area is 181 Å². The maximum atomic E-state index is 12.8. The van der Waals surface area contributed by atoms with Gasteiger partial charge in [0.1, 0.15) is 17.2 Å². The molecule has 4 nitrogen and oxygen atoms in total. The number of amides is 1. The molecule has 1 heterocycles. The third-order valence-corrected chi connectivity index (χ3v) is 8.94. The van der Waals surface area contributed by atoms with E-state index in [1.807, 2.05) is 44.2 Å². The molecule has 0 atom stereocenters.